The first-order valence-corrected chi connectivity index (χ1v) is 8.23. The Kier molecular flexibility index (Phi) is 5.86. The van der Waals surface area contributed by atoms with Crippen molar-refractivity contribution in [1.29, 1.82) is 0 Å². The first kappa shape index (κ1) is 15.0. The zero-order chi connectivity index (χ0) is 13.7. The van der Waals surface area contributed by atoms with Crippen molar-refractivity contribution in [2.75, 3.05) is 13.1 Å². The van der Waals surface area contributed by atoms with Crippen molar-refractivity contribution < 1.29 is 0 Å². The number of nitrogens with zero attached hydrogens (tertiary/aromatic N) is 1. The van der Waals surface area contributed by atoms with E-state index in [0.717, 1.165) is 4.47 Å². The summed E-state index contributed by atoms with van der Waals surface area (Å²) in [4.78, 5) is 2.59. The van der Waals surface area contributed by atoms with Crippen molar-refractivity contribution in [3.8, 4) is 0 Å². The molecular formula is C16H25BrN2. The zero-order valence-corrected chi connectivity index (χ0v) is 13.4. The van der Waals surface area contributed by atoms with Crippen molar-refractivity contribution in [3.05, 3.63) is 34.3 Å². The molecule has 106 valence electrons. The highest BCUT2D eigenvalue weighted by Gasteiger charge is 2.24. The highest BCUT2D eigenvalue weighted by molar-refractivity contribution is 9.10. The average Bonchev–Trinajstić information content (AvgIpc) is 2.31. The average molecular weight is 325 g/mol. The number of benzene rings is 1. The molecule has 19 heavy (non-hydrogen) atoms. The van der Waals surface area contributed by atoms with Gasteiger partial charge in [-0.15, -0.1) is 0 Å². The molecule has 0 aliphatic carbocycles. The minimum absolute atomic E-state index is 0.161. The molecular weight excluding hydrogens is 300 g/mol. The maximum Gasteiger partial charge on any atom is 0.0496 e. The van der Waals surface area contributed by atoms with Crippen LogP contribution in [0.1, 0.15) is 50.6 Å². The molecule has 1 aromatic carbocycles. The molecule has 0 radical (unpaired) electrons. The molecule has 0 amide bonds. The molecule has 1 saturated heterocycles. The number of nitrogens with two attached hydrogens (primary N) is 1. The molecule has 1 aliphatic rings. The standard InChI is InChI=1S/C16H25BrN2/c1-13(18)16(14-8-7-9-15(17)12-14)19-10-5-3-2-4-6-11-19/h7-9,12-13,16H,2-6,10-11,18H2,1H3. The Hall–Kier alpha value is -0.380. The molecule has 2 atom stereocenters. The van der Waals surface area contributed by atoms with Gasteiger partial charge < -0.3 is 5.73 Å². The van der Waals surface area contributed by atoms with Crippen LogP contribution in [-0.4, -0.2) is 24.0 Å². The molecule has 1 aromatic rings. The molecule has 0 bridgehead atoms. The van der Waals surface area contributed by atoms with E-state index >= 15 is 0 Å². The molecule has 2 rings (SSSR count). The van der Waals surface area contributed by atoms with E-state index in [9.17, 15) is 0 Å². The summed E-state index contributed by atoms with van der Waals surface area (Å²) in [6, 6.07) is 9.11. The monoisotopic (exact) mass is 324 g/mol. The van der Waals surface area contributed by atoms with Gasteiger partial charge in [-0.2, -0.15) is 0 Å². The van der Waals surface area contributed by atoms with Gasteiger partial charge in [-0.25, -0.2) is 0 Å². The molecule has 0 saturated carbocycles. The quantitative estimate of drug-likeness (QED) is 0.906. The molecule has 0 spiro atoms. The Balaban J connectivity index is 2.18. The van der Waals surface area contributed by atoms with Gasteiger partial charge in [0.25, 0.3) is 0 Å². The molecule has 3 heteroatoms. The second-order valence-corrected chi connectivity index (χ2v) is 6.58. The van der Waals surface area contributed by atoms with Crippen LogP contribution in [0.3, 0.4) is 0 Å². The smallest absolute Gasteiger partial charge is 0.0496 e. The third-order valence-corrected chi connectivity index (χ3v) is 4.47. The number of rotatable bonds is 3. The fraction of sp³-hybridized carbons (Fsp3) is 0.625. The highest BCUT2D eigenvalue weighted by atomic mass is 79.9. The maximum atomic E-state index is 6.28. The lowest BCUT2D eigenvalue weighted by molar-refractivity contribution is 0.161. The summed E-state index contributed by atoms with van der Waals surface area (Å²) in [5, 5.41) is 0. The normalized spacial score (nSPS) is 21.4. The van der Waals surface area contributed by atoms with Gasteiger partial charge in [0.05, 0.1) is 0 Å². The van der Waals surface area contributed by atoms with E-state index in [4.69, 9.17) is 5.73 Å². The van der Waals surface area contributed by atoms with E-state index in [-0.39, 0.29) is 6.04 Å². The van der Waals surface area contributed by atoms with Gasteiger partial charge in [-0.3, -0.25) is 4.90 Å². The van der Waals surface area contributed by atoms with E-state index in [1.54, 1.807) is 0 Å². The SMILES string of the molecule is CC(N)C(c1cccc(Br)c1)N1CCCCCCC1. The molecule has 2 unspecified atom stereocenters. The van der Waals surface area contributed by atoms with Crippen molar-refractivity contribution in [2.45, 2.75) is 51.1 Å². The zero-order valence-electron chi connectivity index (χ0n) is 11.8. The van der Waals surface area contributed by atoms with Crippen LogP contribution in [0.4, 0.5) is 0 Å². The summed E-state index contributed by atoms with van der Waals surface area (Å²) in [5.74, 6) is 0. The van der Waals surface area contributed by atoms with Gasteiger partial charge in [0.15, 0.2) is 0 Å². The Morgan fingerprint density at radius 2 is 1.74 bits per heavy atom. The van der Waals surface area contributed by atoms with Crippen LogP contribution in [0.15, 0.2) is 28.7 Å². The molecule has 2 nitrogen and oxygen atoms in total. The number of hydrogen-bond donors (Lipinski definition) is 1. The third kappa shape index (κ3) is 4.30. The second kappa shape index (κ2) is 7.41. The van der Waals surface area contributed by atoms with E-state index in [2.05, 4.69) is 52.0 Å². The molecule has 1 fully saturated rings. The Morgan fingerprint density at radius 3 is 2.32 bits per heavy atom. The van der Waals surface area contributed by atoms with Crippen LogP contribution in [-0.2, 0) is 0 Å². The molecule has 1 heterocycles. The first-order chi connectivity index (χ1) is 9.18. The lowest BCUT2D eigenvalue weighted by Gasteiger charge is -2.36. The van der Waals surface area contributed by atoms with Gasteiger partial charge in [0.2, 0.25) is 0 Å². The predicted octanol–water partition coefficient (Wildman–Crippen LogP) is 4.10. The number of halogens is 1. The lowest BCUT2D eigenvalue weighted by Crippen LogP contribution is -2.41. The van der Waals surface area contributed by atoms with Crippen LogP contribution in [0.5, 0.6) is 0 Å². The first-order valence-electron chi connectivity index (χ1n) is 7.43. The van der Waals surface area contributed by atoms with E-state index < -0.39 is 0 Å². The van der Waals surface area contributed by atoms with Crippen LogP contribution in [0, 0.1) is 0 Å². The van der Waals surface area contributed by atoms with Gasteiger partial charge in [-0.05, 0) is 50.6 Å². The highest BCUT2D eigenvalue weighted by Crippen LogP contribution is 2.28. The second-order valence-electron chi connectivity index (χ2n) is 5.66. The van der Waals surface area contributed by atoms with Gasteiger partial charge in [0, 0.05) is 16.6 Å². The Labute approximate surface area is 125 Å². The van der Waals surface area contributed by atoms with Crippen LogP contribution < -0.4 is 5.73 Å². The Morgan fingerprint density at radius 1 is 1.11 bits per heavy atom. The van der Waals surface area contributed by atoms with Gasteiger partial charge in [0.1, 0.15) is 0 Å². The van der Waals surface area contributed by atoms with Gasteiger partial charge in [-0.1, -0.05) is 47.3 Å². The molecule has 2 N–H and O–H groups in total. The lowest BCUT2D eigenvalue weighted by atomic mass is 9.97. The van der Waals surface area contributed by atoms with Gasteiger partial charge >= 0.3 is 0 Å². The fourth-order valence-corrected chi connectivity index (χ4v) is 3.50. The largest absolute Gasteiger partial charge is 0.326 e. The maximum absolute atomic E-state index is 6.28. The third-order valence-electron chi connectivity index (χ3n) is 3.97. The fourth-order valence-electron chi connectivity index (χ4n) is 3.09. The molecule has 0 aromatic heterocycles. The minimum atomic E-state index is 0.161. The van der Waals surface area contributed by atoms with Crippen LogP contribution >= 0.6 is 15.9 Å². The van der Waals surface area contributed by atoms with Crippen LogP contribution in [0.25, 0.3) is 0 Å². The summed E-state index contributed by atoms with van der Waals surface area (Å²) in [6.45, 7) is 4.49. The van der Waals surface area contributed by atoms with E-state index in [1.807, 2.05) is 0 Å². The number of hydrogen-bond acceptors (Lipinski definition) is 2. The van der Waals surface area contributed by atoms with Crippen molar-refractivity contribution >= 4 is 15.9 Å². The summed E-state index contributed by atoms with van der Waals surface area (Å²) in [5.41, 5.74) is 7.62. The van der Waals surface area contributed by atoms with Crippen molar-refractivity contribution in [3.63, 3.8) is 0 Å². The summed E-state index contributed by atoms with van der Waals surface area (Å²) in [6.07, 6.45) is 6.73. The molecule has 1 aliphatic heterocycles. The minimum Gasteiger partial charge on any atom is -0.326 e. The topological polar surface area (TPSA) is 29.3 Å². The van der Waals surface area contributed by atoms with Crippen molar-refractivity contribution in [2.24, 2.45) is 5.73 Å². The number of likely N-dealkylation sites (tertiary alicyclic amines) is 1. The summed E-state index contributed by atoms with van der Waals surface area (Å²) in [7, 11) is 0. The Bertz CT molecular complexity index is 384. The summed E-state index contributed by atoms with van der Waals surface area (Å²) < 4.78 is 1.14. The summed E-state index contributed by atoms with van der Waals surface area (Å²) >= 11 is 3.57. The van der Waals surface area contributed by atoms with E-state index in [0.29, 0.717) is 6.04 Å². The predicted molar refractivity (Wildman–Crippen MR) is 85.2 cm³/mol. The van der Waals surface area contributed by atoms with Crippen molar-refractivity contribution in [1.82, 2.24) is 4.90 Å². The van der Waals surface area contributed by atoms with E-state index in [1.165, 1.54) is 50.8 Å². The van der Waals surface area contributed by atoms with Crippen LogP contribution in [0.2, 0.25) is 0 Å².